The van der Waals surface area contributed by atoms with Crippen LogP contribution in [-0.4, -0.2) is 44.0 Å². The Labute approximate surface area is 215 Å². The second-order valence-electron chi connectivity index (χ2n) is 7.76. The van der Waals surface area contributed by atoms with Crippen molar-refractivity contribution in [3.8, 4) is 0 Å². The number of halogens is 5. The summed E-state index contributed by atoms with van der Waals surface area (Å²) in [7, 11) is 0. The number of fused-ring (bicyclic) bond motifs is 1. The fraction of sp³-hybridized carbons (Fsp3) is 0.238. The summed E-state index contributed by atoms with van der Waals surface area (Å²) in [5.41, 5.74) is 3.07. The lowest BCUT2D eigenvalue weighted by Gasteiger charge is -2.14. The third-order valence-corrected chi connectivity index (χ3v) is 6.25. The number of alkyl halides is 3. The molecule has 1 aromatic carbocycles. The van der Waals surface area contributed by atoms with Gasteiger partial charge in [-0.05, 0) is 43.0 Å². The van der Waals surface area contributed by atoms with Crippen molar-refractivity contribution in [1.82, 2.24) is 19.0 Å². The Bertz CT molecular complexity index is 1400. The molecule has 0 radical (unpaired) electrons. The quantitative estimate of drug-likeness (QED) is 0.362. The van der Waals surface area contributed by atoms with Crippen LogP contribution in [0.15, 0.2) is 41.2 Å². The minimum Gasteiger partial charge on any atom is -0.395 e. The van der Waals surface area contributed by atoms with E-state index in [9.17, 15) is 22.8 Å². The molecule has 1 aliphatic rings. The average Bonchev–Trinajstić information content (AvgIpc) is 3.53. The maximum absolute atomic E-state index is 13.2. The number of nitrogens with zero attached hydrogens (tertiary/aromatic N) is 4. The Morgan fingerprint density at radius 3 is 2.69 bits per heavy atom. The molecule has 1 saturated carbocycles. The van der Waals surface area contributed by atoms with Crippen LogP contribution in [0.3, 0.4) is 0 Å². The molecule has 0 spiro atoms. The summed E-state index contributed by atoms with van der Waals surface area (Å²) in [4.78, 5) is 33.8. The van der Waals surface area contributed by atoms with Gasteiger partial charge in [0.15, 0.2) is 5.82 Å². The Hall–Kier alpha value is -3.29. The molecule has 2 heterocycles. The molecule has 9 nitrogen and oxygen atoms in total. The first-order chi connectivity index (χ1) is 17.0. The number of pyridine rings is 1. The average molecular weight is 558 g/mol. The fourth-order valence-corrected chi connectivity index (χ4v) is 4.01. The molecule has 36 heavy (non-hydrogen) atoms. The largest absolute Gasteiger partial charge is 0.430 e. The molecule has 2 aromatic heterocycles. The zero-order chi connectivity index (χ0) is 26.0. The maximum atomic E-state index is 13.2. The van der Waals surface area contributed by atoms with Crippen LogP contribution in [0.1, 0.15) is 23.2 Å². The number of hydrogen-bond acceptors (Lipinski definition) is 8. The third-order valence-electron chi connectivity index (χ3n) is 5.04. The highest BCUT2D eigenvalue weighted by atomic mass is 35.5. The second-order valence-corrected chi connectivity index (χ2v) is 9.07. The fourth-order valence-electron chi connectivity index (χ4n) is 2.97. The SMILES string of the molecule is NC(=CC(=Nc1ncccc1Cl)C(=O)Nc1c(C(=O)NCC2CC2)cc2nsnc2c1Cl)C(F)(F)F. The Kier molecular flexibility index (Phi) is 7.43. The third kappa shape index (κ3) is 5.91. The molecule has 1 aliphatic carbocycles. The van der Waals surface area contributed by atoms with Gasteiger partial charge in [-0.3, -0.25) is 9.59 Å². The van der Waals surface area contributed by atoms with Crippen LogP contribution >= 0.6 is 34.9 Å². The van der Waals surface area contributed by atoms with Crippen LogP contribution in [-0.2, 0) is 4.79 Å². The summed E-state index contributed by atoms with van der Waals surface area (Å²) in [6.45, 7) is 0.424. The monoisotopic (exact) mass is 557 g/mol. The van der Waals surface area contributed by atoms with E-state index in [1.165, 1.54) is 24.4 Å². The van der Waals surface area contributed by atoms with Gasteiger partial charge in [-0.2, -0.15) is 21.9 Å². The lowest BCUT2D eigenvalue weighted by molar-refractivity contribution is -0.110. The van der Waals surface area contributed by atoms with Crippen molar-refractivity contribution in [3.05, 3.63) is 51.8 Å². The van der Waals surface area contributed by atoms with Crippen LogP contribution in [0.5, 0.6) is 0 Å². The lowest BCUT2D eigenvalue weighted by Crippen LogP contribution is -2.29. The molecule has 0 saturated heterocycles. The first-order valence-electron chi connectivity index (χ1n) is 10.3. The number of nitrogens with one attached hydrogen (secondary N) is 2. The number of aliphatic imine (C=N–C) groups is 1. The number of rotatable bonds is 7. The van der Waals surface area contributed by atoms with Gasteiger partial charge in [-0.15, -0.1) is 0 Å². The predicted molar refractivity (Wildman–Crippen MR) is 131 cm³/mol. The van der Waals surface area contributed by atoms with Gasteiger partial charge in [0.05, 0.1) is 33.0 Å². The first-order valence-corrected chi connectivity index (χ1v) is 11.8. The molecule has 4 N–H and O–H groups in total. The number of benzene rings is 1. The van der Waals surface area contributed by atoms with Gasteiger partial charge in [-0.1, -0.05) is 23.2 Å². The van der Waals surface area contributed by atoms with Crippen LogP contribution < -0.4 is 16.4 Å². The van der Waals surface area contributed by atoms with Gasteiger partial charge in [-0.25, -0.2) is 9.98 Å². The van der Waals surface area contributed by atoms with E-state index < -0.39 is 29.4 Å². The number of anilines is 1. The number of allylic oxidation sites excluding steroid dienone is 1. The minimum atomic E-state index is -4.94. The number of carbonyl (C=O) groups is 2. The van der Waals surface area contributed by atoms with Crippen molar-refractivity contribution in [2.24, 2.45) is 16.6 Å². The topological polar surface area (TPSA) is 135 Å². The van der Waals surface area contributed by atoms with Gasteiger partial charge < -0.3 is 16.4 Å². The molecule has 2 amide bonds. The Morgan fingerprint density at radius 1 is 1.28 bits per heavy atom. The molecule has 0 atom stereocenters. The number of amides is 2. The van der Waals surface area contributed by atoms with Crippen LogP contribution in [0.25, 0.3) is 11.0 Å². The zero-order valence-corrected chi connectivity index (χ0v) is 20.4. The van der Waals surface area contributed by atoms with Gasteiger partial charge in [0.1, 0.15) is 22.4 Å². The number of hydrogen-bond donors (Lipinski definition) is 3. The molecule has 0 bridgehead atoms. The van der Waals surface area contributed by atoms with Crippen molar-refractivity contribution in [3.63, 3.8) is 0 Å². The molecule has 188 valence electrons. The molecule has 4 rings (SSSR count). The van der Waals surface area contributed by atoms with Gasteiger partial charge in [0.2, 0.25) is 0 Å². The van der Waals surface area contributed by atoms with E-state index in [-0.39, 0.29) is 32.6 Å². The lowest BCUT2D eigenvalue weighted by atomic mass is 10.1. The molecule has 3 aromatic rings. The van der Waals surface area contributed by atoms with Crippen LogP contribution in [0.4, 0.5) is 24.7 Å². The van der Waals surface area contributed by atoms with E-state index in [2.05, 4.69) is 29.4 Å². The van der Waals surface area contributed by atoms with E-state index >= 15 is 0 Å². The summed E-state index contributed by atoms with van der Waals surface area (Å²) in [6, 6.07) is 4.25. The zero-order valence-electron chi connectivity index (χ0n) is 18.1. The Morgan fingerprint density at radius 2 is 2.03 bits per heavy atom. The second kappa shape index (κ2) is 10.4. The normalized spacial score (nSPS) is 14.7. The summed E-state index contributed by atoms with van der Waals surface area (Å²) < 4.78 is 47.5. The number of aromatic nitrogens is 3. The van der Waals surface area contributed by atoms with E-state index in [4.69, 9.17) is 28.9 Å². The molecule has 0 aliphatic heterocycles. The molecule has 15 heteroatoms. The number of nitrogens with two attached hydrogens (primary N) is 1. The van der Waals surface area contributed by atoms with Crippen LogP contribution in [0.2, 0.25) is 10.0 Å². The highest BCUT2D eigenvalue weighted by Crippen LogP contribution is 2.35. The van der Waals surface area contributed by atoms with Gasteiger partial charge >= 0.3 is 6.18 Å². The standard InChI is InChI=1S/C21H16Cl2F3N7O2S/c22-11-2-1-5-28-18(11)30-13(7-14(27)21(24,25)26)20(35)31-16-10(19(34)29-8-9-3-4-9)6-12-17(15(16)23)33-36-32-12/h1-2,5-7,9H,3-4,8,27H2,(H,29,34)(H,31,35). The number of carbonyl (C=O) groups excluding carboxylic acids is 2. The predicted octanol–water partition coefficient (Wildman–Crippen LogP) is 4.65. The summed E-state index contributed by atoms with van der Waals surface area (Å²) in [6.07, 6.45) is -1.33. The van der Waals surface area contributed by atoms with Crippen molar-refractivity contribution < 1.29 is 22.8 Å². The van der Waals surface area contributed by atoms with Crippen molar-refractivity contribution in [2.45, 2.75) is 19.0 Å². The summed E-state index contributed by atoms with van der Waals surface area (Å²) in [5, 5.41) is 5.00. The van der Waals surface area contributed by atoms with Crippen LogP contribution in [0, 0.1) is 5.92 Å². The Balaban J connectivity index is 1.76. The maximum Gasteiger partial charge on any atom is 0.430 e. The van der Waals surface area contributed by atoms with Crippen molar-refractivity contribution in [1.29, 1.82) is 0 Å². The van der Waals surface area contributed by atoms with E-state index in [1.54, 1.807) is 0 Å². The highest BCUT2D eigenvalue weighted by Gasteiger charge is 2.33. The molecule has 0 unspecified atom stereocenters. The minimum absolute atomic E-state index is 0.0186. The van der Waals surface area contributed by atoms with Crippen molar-refractivity contribution >= 4 is 75.0 Å². The van der Waals surface area contributed by atoms with Crippen molar-refractivity contribution in [2.75, 3.05) is 11.9 Å². The molecular formula is C21H16Cl2F3N7O2S. The molecule has 1 fully saturated rings. The van der Waals surface area contributed by atoms with Gasteiger partial charge in [0, 0.05) is 12.7 Å². The van der Waals surface area contributed by atoms with Gasteiger partial charge in [0.25, 0.3) is 11.8 Å². The smallest absolute Gasteiger partial charge is 0.395 e. The van der Waals surface area contributed by atoms with E-state index in [0.29, 0.717) is 24.1 Å². The summed E-state index contributed by atoms with van der Waals surface area (Å²) >= 11 is 13.3. The summed E-state index contributed by atoms with van der Waals surface area (Å²) in [5.74, 6) is -1.55. The molecular weight excluding hydrogens is 542 g/mol. The highest BCUT2D eigenvalue weighted by molar-refractivity contribution is 7.00. The first kappa shape index (κ1) is 25.8. The van der Waals surface area contributed by atoms with E-state index in [1.807, 2.05) is 0 Å². The van der Waals surface area contributed by atoms with E-state index in [0.717, 1.165) is 24.6 Å².